The molecule has 2 atom stereocenters. The molecule has 0 saturated heterocycles. The maximum absolute atomic E-state index is 9.42. The highest BCUT2D eigenvalue weighted by molar-refractivity contribution is 5.06. The SMILES string of the molecule is CCC(C)N(C)CCCC(C#N)(CC)NC(C)C. The van der Waals surface area contributed by atoms with Crippen LogP contribution in [0.25, 0.3) is 0 Å². The van der Waals surface area contributed by atoms with Crippen molar-refractivity contribution < 1.29 is 0 Å². The first-order chi connectivity index (χ1) is 8.40. The van der Waals surface area contributed by atoms with Crippen LogP contribution in [0.5, 0.6) is 0 Å². The van der Waals surface area contributed by atoms with E-state index in [-0.39, 0.29) is 5.54 Å². The molecule has 0 heterocycles. The van der Waals surface area contributed by atoms with Crippen molar-refractivity contribution in [1.29, 1.82) is 5.26 Å². The summed E-state index contributed by atoms with van der Waals surface area (Å²) in [5.74, 6) is 0. The van der Waals surface area contributed by atoms with Crippen molar-refractivity contribution in [2.45, 2.75) is 77.9 Å². The number of nitriles is 1. The molecule has 0 aliphatic heterocycles. The van der Waals surface area contributed by atoms with E-state index in [9.17, 15) is 5.26 Å². The summed E-state index contributed by atoms with van der Waals surface area (Å²) in [6.45, 7) is 11.8. The van der Waals surface area contributed by atoms with Gasteiger partial charge in [0, 0.05) is 12.1 Å². The van der Waals surface area contributed by atoms with Gasteiger partial charge in [0.1, 0.15) is 5.54 Å². The molecule has 0 spiro atoms. The van der Waals surface area contributed by atoms with Gasteiger partial charge in [-0.2, -0.15) is 5.26 Å². The fourth-order valence-electron chi connectivity index (χ4n) is 2.23. The Morgan fingerprint density at radius 3 is 2.28 bits per heavy atom. The van der Waals surface area contributed by atoms with Gasteiger partial charge in [0.15, 0.2) is 0 Å². The van der Waals surface area contributed by atoms with Crippen molar-refractivity contribution in [1.82, 2.24) is 10.2 Å². The standard InChI is InChI=1S/C15H31N3/c1-7-14(5)18(6)11-9-10-15(8-2,12-16)17-13(3)4/h13-14,17H,7-11H2,1-6H3. The van der Waals surface area contributed by atoms with Crippen LogP contribution in [-0.4, -0.2) is 36.1 Å². The lowest BCUT2D eigenvalue weighted by Crippen LogP contribution is -2.47. The van der Waals surface area contributed by atoms with Gasteiger partial charge in [-0.1, -0.05) is 13.8 Å². The van der Waals surface area contributed by atoms with Crippen LogP contribution in [-0.2, 0) is 0 Å². The van der Waals surface area contributed by atoms with Gasteiger partial charge in [-0.25, -0.2) is 0 Å². The van der Waals surface area contributed by atoms with Crippen LogP contribution in [0.1, 0.15) is 60.3 Å². The molecule has 0 fully saturated rings. The molecule has 0 rings (SSSR count). The summed E-state index contributed by atoms with van der Waals surface area (Å²) in [4.78, 5) is 2.38. The van der Waals surface area contributed by atoms with Gasteiger partial charge >= 0.3 is 0 Å². The van der Waals surface area contributed by atoms with Crippen LogP contribution >= 0.6 is 0 Å². The van der Waals surface area contributed by atoms with Crippen LogP contribution < -0.4 is 5.32 Å². The minimum Gasteiger partial charge on any atom is -0.304 e. The summed E-state index contributed by atoms with van der Waals surface area (Å²) < 4.78 is 0. The van der Waals surface area contributed by atoms with E-state index in [0.29, 0.717) is 12.1 Å². The second-order valence-electron chi connectivity index (χ2n) is 5.69. The highest BCUT2D eigenvalue weighted by Crippen LogP contribution is 2.18. The zero-order chi connectivity index (χ0) is 14.2. The highest BCUT2D eigenvalue weighted by atomic mass is 15.1. The summed E-state index contributed by atoms with van der Waals surface area (Å²) in [6, 6.07) is 3.47. The Morgan fingerprint density at radius 2 is 1.89 bits per heavy atom. The molecule has 0 aromatic heterocycles. The average Bonchev–Trinajstić information content (AvgIpc) is 2.35. The molecule has 2 unspecified atom stereocenters. The third kappa shape index (κ3) is 5.84. The molecule has 0 aliphatic rings. The van der Waals surface area contributed by atoms with Gasteiger partial charge < -0.3 is 4.90 Å². The van der Waals surface area contributed by atoms with Gasteiger partial charge in [0.25, 0.3) is 0 Å². The third-order valence-electron chi connectivity index (χ3n) is 3.84. The minimum absolute atomic E-state index is 0.343. The number of rotatable bonds is 9. The zero-order valence-electron chi connectivity index (χ0n) is 13.1. The van der Waals surface area contributed by atoms with Crippen LogP contribution in [0.4, 0.5) is 0 Å². The lowest BCUT2D eigenvalue weighted by molar-refractivity contribution is 0.232. The first-order valence-electron chi connectivity index (χ1n) is 7.30. The van der Waals surface area contributed by atoms with Crippen molar-refractivity contribution in [3.8, 4) is 6.07 Å². The average molecular weight is 253 g/mol. The molecule has 18 heavy (non-hydrogen) atoms. The number of nitrogens with zero attached hydrogens (tertiary/aromatic N) is 2. The lowest BCUT2D eigenvalue weighted by Gasteiger charge is -2.30. The first kappa shape index (κ1) is 17.4. The van der Waals surface area contributed by atoms with Gasteiger partial charge in [0.2, 0.25) is 0 Å². The van der Waals surface area contributed by atoms with Crippen molar-refractivity contribution >= 4 is 0 Å². The summed E-state index contributed by atoms with van der Waals surface area (Å²) in [5, 5.41) is 12.8. The fourth-order valence-corrected chi connectivity index (χ4v) is 2.23. The van der Waals surface area contributed by atoms with Crippen LogP contribution in [0.2, 0.25) is 0 Å². The largest absolute Gasteiger partial charge is 0.304 e. The Kier molecular flexibility index (Phi) is 8.22. The lowest BCUT2D eigenvalue weighted by atomic mass is 9.91. The topological polar surface area (TPSA) is 39.1 Å². The molecule has 3 heteroatoms. The Hall–Kier alpha value is -0.590. The van der Waals surface area contributed by atoms with E-state index in [4.69, 9.17) is 0 Å². The highest BCUT2D eigenvalue weighted by Gasteiger charge is 2.27. The molecule has 1 N–H and O–H groups in total. The maximum atomic E-state index is 9.42. The van der Waals surface area contributed by atoms with E-state index in [2.05, 4.69) is 58.0 Å². The van der Waals surface area contributed by atoms with Gasteiger partial charge in [-0.05, 0) is 60.0 Å². The maximum Gasteiger partial charge on any atom is 0.106 e. The van der Waals surface area contributed by atoms with Gasteiger partial charge in [0.05, 0.1) is 6.07 Å². The molecule has 3 nitrogen and oxygen atoms in total. The van der Waals surface area contributed by atoms with E-state index in [1.165, 1.54) is 6.42 Å². The molecule has 106 valence electrons. The first-order valence-corrected chi connectivity index (χ1v) is 7.30. The Labute approximate surface area is 114 Å². The van der Waals surface area contributed by atoms with Crippen LogP contribution in [0.15, 0.2) is 0 Å². The molecule has 0 aromatic rings. The van der Waals surface area contributed by atoms with Crippen molar-refractivity contribution in [2.75, 3.05) is 13.6 Å². The monoisotopic (exact) mass is 253 g/mol. The van der Waals surface area contributed by atoms with E-state index in [1.54, 1.807) is 0 Å². The summed E-state index contributed by atoms with van der Waals surface area (Å²) in [7, 11) is 2.17. The Morgan fingerprint density at radius 1 is 1.28 bits per heavy atom. The third-order valence-corrected chi connectivity index (χ3v) is 3.84. The summed E-state index contributed by atoms with van der Waals surface area (Å²) in [6.07, 6.45) is 4.05. The Balaban J connectivity index is 4.25. The molecule has 0 aliphatic carbocycles. The molecular weight excluding hydrogens is 222 g/mol. The molecule has 0 amide bonds. The summed E-state index contributed by atoms with van der Waals surface area (Å²) >= 11 is 0. The van der Waals surface area contributed by atoms with Gasteiger partial charge in [-0.15, -0.1) is 0 Å². The summed E-state index contributed by atoms with van der Waals surface area (Å²) in [5.41, 5.74) is -0.343. The fraction of sp³-hybridized carbons (Fsp3) is 0.933. The molecular formula is C15H31N3. The number of nitrogens with one attached hydrogen (secondary N) is 1. The van der Waals surface area contributed by atoms with E-state index in [0.717, 1.165) is 25.8 Å². The van der Waals surface area contributed by atoms with Crippen LogP contribution in [0.3, 0.4) is 0 Å². The smallest absolute Gasteiger partial charge is 0.106 e. The van der Waals surface area contributed by atoms with Crippen molar-refractivity contribution in [3.05, 3.63) is 0 Å². The molecule has 0 aromatic carbocycles. The zero-order valence-corrected chi connectivity index (χ0v) is 13.1. The molecule has 0 bridgehead atoms. The van der Waals surface area contributed by atoms with Gasteiger partial charge in [-0.3, -0.25) is 5.32 Å². The van der Waals surface area contributed by atoms with E-state index >= 15 is 0 Å². The van der Waals surface area contributed by atoms with Crippen molar-refractivity contribution in [3.63, 3.8) is 0 Å². The second-order valence-corrected chi connectivity index (χ2v) is 5.69. The van der Waals surface area contributed by atoms with E-state index < -0.39 is 0 Å². The second kappa shape index (κ2) is 8.50. The normalized spacial score (nSPS) is 16.6. The van der Waals surface area contributed by atoms with Crippen LogP contribution in [0, 0.1) is 11.3 Å². The number of hydrogen-bond donors (Lipinski definition) is 1. The molecule has 0 radical (unpaired) electrons. The predicted molar refractivity (Wildman–Crippen MR) is 78.5 cm³/mol. The van der Waals surface area contributed by atoms with Crippen molar-refractivity contribution in [2.24, 2.45) is 0 Å². The minimum atomic E-state index is -0.343. The number of hydrogen-bond acceptors (Lipinski definition) is 3. The van der Waals surface area contributed by atoms with E-state index in [1.807, 2.05) is 0 Å². The quantitative estimate of drug-likeness (QED) is 0.686. The predicted octanol–water partition coefficient (Wildman–Crippen LogP) is 3.17. The Bertz CT molecular complexity index is 257. The molecule has 0 saturated carbocycles.